The van der Waals surface area contributed by atoms with Gasteiger partial charge < -0.3 is 14.3 Å². The average molecular weight is 393 g/mol. The van der Waals surface area contributed by atoms with E-state index in [4.69, 9.17) is 4.42 Å². The summed E-state index contributed by atoms with van der Waals surface area (Å²) in [4.78, 5) is 40.6. The second-order valence-corrected chi connectivity index (χ2v) is 7.81. The van der Waals surface area contributed by atoms with Gasteiger partial charge in [-0.25, -0.2) is 4.79 Å². The number of piperidine rings is 1. The van der Waals surface area contributed by atoms with Gasteiger partial charge in [0.2, 0.25) is 11.8 Å². The molecule has 1 amide bonds. The summed E-state index contributed by atoms with van der Waals surface area (Å²) >= 11 is 1.20. The van der Waals surface area contributed by atoms with E-state index in [1.807, 2.05) is 4.90 Å². The van der Waals surface area contributed by atoms with Gasteiger partial charge in [0.05, 0.1) is 12.2 Å². The smallest absolute Gasteiger partial charge is 0.328 e. The minimum Gasteiger partial charge on any atom is -0.416 e. The normalized spacial score (nSPS) is 15.3. The van der Waals surface area contributed by atoms with E-state index in [1.165, 1.54) is 18.8 Å². The number of nitrogens with one attached hydrogen (secondary N) is 1. The first-order valence-electron chi connectivity index (χ1n) is 8.87. The minimum absolute atomic E-state index is 0.0667. The fraction of sp³-hybridized carbons (Fsp3) is 0.588. The highest BCUT2D eigenvalue weighted by molar-refractivity contribution is 7.99. The Bertz CT molecular complexity index is 940. The van der Waals surface area contributed by atoms with E-state index < -0.39 is 11.2 Å². The second-order valence-electron chi connectivity index (χ2n) is 6.89. The van der Waals surface area contributed by atoms with E-state index in [2.05, 4.69) is 22.1 Å². The Morgan fingerprint density at radius 1 is 1.30 bits per heavy atom. The molecule has 0 spiro atoms. The van der Waals surface area contributed by atoms with Crippen molar-refractivity contribution in [3.8, 4) is 0 Å². The molecular formula is C17H23N5O4S. The monoisotopic (exact) mass is 393 g/mol. The molecule has 0 radical (unpaired) electrons. The van der Waals surface area contributed by atoms with Crippen LogP contribution in [0, 0.1) is 12.8 Å². The maximum absolute atomic E-state index is 12.3. The number of carbonyl (C=O) groups is 1. The molecule has 1 aliphatic rings. The van der Waals surface area contributed by atoms with Gasteiger partial charge in [-0.05, 0) is 25.7 Å². The first-order valence-corrected chi connectivity index (χ1v) is 9.85. The van der Waals surface area contributed by atoms with Gasteiger partial charge >= 0.3 is 5.69 Å². The lowest BCUT2D eigenvalue weighted by Gasteiger charge is -2.30. The SMILES string of the molecule is Cc1[nH]c(=O)n(C)c(=O)c1Cc1nnc(SCC(=O)N2CCC(C)CC2)o1. The van der Waals surface area contributed by atoms with Crippen molar-refractivity contribution >= 4 is 17.7 Å². The summed E-state index contributed by atoms with van der Waals surface area (Å²) in [6.45, 7) is 5.45. The summed E-state index contributed by atoms with van der Waals surface area (Å²) in [6, 6.07) is 0. The number of amides is 1. The lowest BCUT2D eigenvalue weighted by atomic mass is 9.99. The topological polar surface area (TPSA) is 114 Å². The zero-order chi connectivity index (χ0) is 19.6. The van der Waals surface area contributed by atoms with Gasteiger partial charge in [-0.15, -0.1) is 10.2 Å². The number of rotatable bonds is 5. The highest BCUT2D eigenvalue weighted by atomic mass is 32.2. The van der Waals surface area contributed by atoms with Gasteiger partial charge in [-0.1, -0.05) is 18.7 Å². The van der Waals surface area contributed by atoms with Gasteiger partial charge in [-0.2, -0.15) is 0 Å². The van der Waals surface area contributed by atoms with Crippen LogP contribution in [0.2, 0.25) is 0 Å². The van der Waals surface area contributed by atoms with Crippen LogP contribution < -0.4 is 11.2 Å². The van der Waals surface area contributed by atoms with Crippen LogP contribution in [0.5, 0.6) is 0 Å². The molecule has 1 N–H and O–H groups in total. The van der Waals surface area contributed by atoms with E-state index in [-0.39, 0.29) is 24.0 Å². The summed E-state index contributed by atoms with van der Waals surface area (Å²) in [6.07, 6.45) is 2.20. The van der Waals surface area contributed by atoms with E-state index in [0.717, 1.165) is 30.5 Å². The second kappa shape index (κ2) is 8.12. The van der Waals surface area contributed by atoms with Crippen LogP contribution in [0.25, 0.3) is 0 Å². The van der Waals surface area contributed by atoms with Crippen molar-refractivity contribution in [3.05, 3.63) is 38.0 Å². The molecule has 27 heavy (non-hydrogen) atoms. The molecule has 0 bridgehead atoms. The average Bonchev–Trinajstić information content (AvgIpc) is 3.10. The van der Waals surface area contributed by atoms with E-state index in [9.17, 15) is 14.4 Å². The van der Waals surface area contributed by atoms with Gasteiger partial charge in [0.1, 0.15) is 0 Å². The fourth-order valence-electron chi connectivity index (χ4n) is 2.97. The molecule has 0 saturated carbocycles. The molecule has 0 aliphatic carbocycles. The number of H-pyrrole nitrogens is 1. The van der Waals surface area contributed by atoms with Gasteiger partial charge in [0.15, 0.2) is 0 Å². The molecule has 2 aromatic rings. The fourth-order valence-corrected chi connectivity index (χ4v) is 3.66. The Kier molecular flexibility index (Phi) is 5.83. The third-order valence-corrected chi connectivity index (χ3v) is 5.65. The van der Waals surface area contributed by atoms with Crippen LogP contribution in [0.15, 0.2) is 19.2 Å². The Morgan fingerprint density at radius 2 is 2.00 bits per heavy atom. The zero-order valence-electron chi connectivity index (χ0n) is 15.7. The van der Waals surface area contributed by atoms with E-state index in [1.54, 1.807) is 6.92 Å². The standard InChI is InChI=1S/C17H23N5O4S/c1-10-4-6-22(7-5-10)14(23)9-27-17-20-19-13(26-17)8-12-11(2)18-16(25)21(3)15(12)24/h10H,4-9H2,1-3H3,(H,18,25). The zero-order valence-corrected chi connectivity index (χ0v) is 16.5. The van der Waals surface area contributed by atoms with E-state index >= 15 is 0 Å². The maximum atomic E-state index is 12.3. The molecule has 0 aromatic carbocycles. The number of aryl methyl sites for hydroxylation is 1. The largest absolute Gasteiger partial charge is 0.416 e. The van der Waals surface area contributed by atoms with Crippen molar-refractivity contribution in [1.29, 1.82) is 0 Å². The summed E-state index contributed by atoms with van der Waals surface area (Å²) in [7, 11) is 1.41. The number of aromatic nitrogens is 4. The third-order valence-electron chi connectivity index (χ3n) is 4.85. The molecule has 3 heterocycles. The number of nitrogens with zero attached hydrogens (tertiary/aromatic N) is 4. The highest BCUT2D eigenvalue weighted by Gasteiger charge is 2.21. The number of hydrogen-bond donors (Lipinski definition) is 1. The lowest BCUT2D eigenvalue weighted by molar-refractivity contribution is -0.129. The molecule has 0 atom stereocenters. The van der Waals surface area contributed by atoms with E-state index in [0.29, 0.717) is 22.4 Å². The Labute approximate surface area is 160 Å². The van der Waals surface area contributed by atoms with Crippen LogP contribution in [0.1, 0.15) is 36.9 Å². The van der Waals surface area contributed by atoms with Gasteiger partial charge in [0, 0.05) is 31.4 Å². The molecule has 1 fully saturated rings. The van der Waals surface area contributed by atoms with Crippen molar-refractivity contribution in [2.24, 2.45) is 13.0 Å². The lowest BCUT2D eigenvalue weighted by Crippen LogP contribution is -2.38. The molecule has 3 rings (SSSR count). The Balaban J connectivity index is 1.61. The van der Waals surface area contributed by atoms with Crippen LogP contribution >= 0.6 is 11.8 Å². The number of carbonyl (C=O) groups excluding carboxylic acids is 1. The molecule has 146 valence electrons. The van der Waals surface area contributed by atoms with Crippen molar-refractivity contribution in [2.75, 3.05) is 18.8 Å². The molecular weight excluding hydrogens is 370 g/mol. The minimum atomic E-state index is -0.464. The maximum Gasteiger partial charge on any atom is 0.328 e. The highest BCUT2D eigenvalue weighted by Crippen LogP contribution is 2.20. The van der Waals surface area contributed by atoms with Crippen molar-refractivity contribution in [3.63, 3.8) is 0 Å². The number of aromatic amines is 1. The summed E-state index contributed by atoms with van der Waals surface area (Å²) in [5, 5.41) is 8.17. The van der Waals surface area contributed by atoms with Crippen molar-refractivity contribution in [2.45, 2.75) is 38.3 Å². The number of likely N-dealkylation sites (tertiary alicyclic amines) is 1. The first kappa shape index (κ1) is 19.4. The van der Waals surface area contributed by atoms with Gasteiger partial charge in [-0.3, -0.25) is 14.2 Å². The van der Waals surface area contributed by atoms with Crippen molar-refractivity contribution in [1.82, 2.24) is 24.6 Å². The summed E-state index contributed by atoms with van der Waals surface area (Å²) in [5.74, 6) is 1.25. The molecule has 10 heteroatoms. The predicted octanol–water partition coefficient (Wildman–Crippen LogP) is 0.706. The summed E-state index contributed by atoms with van der Waals surface area (Å²) < 4.78 is 6.56. The molecule has 9 nitrogen and oxygen atoms in total. The quantitative estimate of drug-likeness (QED) is 0.744. The van der Waals surface area contributed by atoms with Crippen LogP contribution in [-0.4, -0.2) is 49.4 Å². The molecule has 2 aromatic heterocycles. The Hall–Kier alpha value is -2.36. The van der Waals surface area contributed by atoms with Crippen molar-refractivity contribution < 1.29 is 9.21 Å². The first-order chi connectivity index (χ1) is 12.8. The molecule has 1 saturated heterocycles. The number of thioether (sulfide) groups is 1. The van der Waals surface area contributed by atoms with Crippen LogP contribution in [0.3, 0.4) is 0 Å². The Morgan fingerprint density at radius 3 is 2.70 bits per heavy atom. The van der Waals surface area contributed by atoms with Gasteiger partial charge in [0.25, 0.3) is 10.8 Å². The van der Waals surface area contributed by atoms with Crippen LogP contribution in [-0.2, 0) is 18.3 Å². The van der Waals surface area contributed by atoms with Crippen LogP contribution in [0.4, 0.5) is 0 Å². The predicted molar refractivity (Wildman–Crippen MR) is 99.8 cm³/mol. The number of hydrogen-bond acceptors (Lipinski definition) is 7. The molecule has 0 unspecified atom stereocenters. The summed E-state index contributed by atoms with van der Waals surface area (Å²) in [5.41, 5.74) is 0.0209. The molecule has 1 aliphatic heterocycles. The third kappa shape index (κ3) is 4.49.